The number of guanidine groups is 1. The van der Waals surface area contributed by atoms with Crippen molar-refractivity contribution in [2.45, 2.75) is 45.1 Å². The first-order valence-electron chi connectivity index (χ1n) is 8.85. The zero-order valence-electron chi connectivity index (χ0n) is 14.2. The topological polar surface area (TPSA) is 71.7 Å². The Hall–Kier alpha value is -1.61. The quantitative estimate of drug-likeness (QED) is 0.789. The summed E-state index contributed by atoms with van der Waals surface area (Å²) < 4.78 is 0. The number of carbonyl (C=O) groups excluding carboxylic acids is 1. The Balaban J connectivity index is 1.82. The summed E-state index contributed by atoms with van der Waals surface area (Å²) in [6, 6.07) is 2.22. The molecule has 3 aliphatic rings. The van der Waals surface area contributed by atoms with Gasteiger partial charge in [-0.25, -0.2) is 4.99 Å². The van der Waals surface area contributed by atoms with Crippen molar-refractivity contribution in [1.82, 2.24) is 15.1 Å². The van der Waals surface area contributed by atoms with E-state index in [4.69, 9.17) is 4.99 Å². The van der Waals surface area contributed by atoms with Crippen LogP contribution in [0.3, 0.4) is 0 Å². The third kappa shape index (κ3) is 3.07. The second kappa shape index (κ2) is 6.48. The molecular weight excluding hydrogens is 290 g/mol. The highest BCUT2D eigenvalue weighted by Gasteiger charge is 2.49. The molecule has 23 heavy (non-hydrogen) atoms. The normalized spacial score (nSPS) is 35.6. The van der Waals surface area contributed by atoms with Gasteiger partial charge in [0.2, 0.25) is 11.9 Å². The van der Waals surface area contributed by atoms with Gasteiger partial charge in [0.05, 0.1) is 11.6 Å². The van der Waals surface area contributed by atoms with Crippen LogP contribution in [0.1, 0.15) is 39.5 Å². The SMILES string of the molecule is CCN1CCN(C2=NC3(CCC(C)CC3)[C@H](C#N)C(=O)N2)CC1. The summed E-state index contributed by atoms with van der Waals surface area (Å²) in [6.45, 7) is 9.24. The Labute approximate surface area is 138 Å². The zero-order chi connectivity index (χ0) is 16.4. The molecule has 3 rings (SSSR count). The summed E-state index contributed by atoms with van der Waals surface area (Å²) in [5.41, 5.74) is -0.499. The van der Waals surface area contributed by atoms with Gasteiger partial charge in [0.1, 0.15) is 0 Å². The van der Waals surface area contributed by atoms with Gasteiger partial charge in [-0.1, -0.05) is 13.8 Å². The molecule has 0 bridgehead atoms. The van der Waals surface area contributed by atoms with Gasteiger partial charge in [-0.3, -0.25) is 10.1 Å². The molecule has 1 amide bonds. The zero-order valence-corrected chi connectivity index (χ0v) is 14.2. The van der Waals surface area contributed by atoms with E-state index in [9.17, 15) is 10.1 Å². The molecule has 0 aromatic carbocycles. The Morgan fingerprint density at radius 3 is 2.52 bits per heavy atom. The van der Waals surface area contributed by atoms with Gasteiger partial charge in [-0.2, -0.15) is 5.26 Å². The van der Waals surface area contributed by atoms with Crippen LogP contribution in [0.2, 0.25) is 0 Å². The van der Waals surface area contributed by atoms with Crippen molar-refractivity contribution in [3.63, 3.8) is 0 Å². The lowest BCUT2D eigenvalue weighted by atomic mass is 9.70. The first-order valence-corrected chi connectivity index (χ1v) is 8.85. The van der Waals surface area contributed by atoms with E-state index in [0.717, 1.165) is 58.4 Å². The molecule has 0 unspecified atom stereocenters. The van der Waals surface area contributed by atoms with E-state index >= 15 is 0 Å². The molecule has 1 saturated carbocycles. The lowest BCUT2D eigenvalue weighted by molar-refractivity contribution is -0.125. The van der Waals surface area contributed by atoms with E-state index in [1.165, 1.54) is 0 Å². The van der Waals surface area contributed by atoms with Crippen molar-refractivity contribution in [1.29, 1.82) is 5.26 Å². The molecule has 126 valence electrons. The Morgan fingerprint density at radius 1 is 1.30 bits per heavy atom. The first kappa shape index (κ1) is 16.3. The molecule has 1 saturated heterocycles. The number of likely N-dealkylation sites (N-methyl/N-ethyl adjacent to an activating group) is 1. The fourth-order valence-electron chi connectivity index (χ4n) is 4.00. The largest absolute Gasteiger partial charge is 0.340 e. The smallest absolute Gasteiger partial charge is 0.246 e. The lowest BCUT2D eigenvalue weighted by Gasteiger charge is -2.44. The molecule has 1 N–H and O–H groups in total. The number of nitriles is 1. The third-order valence-electron chi connectivity index (χ3n) is 5.75. The number of rotatable bonds is 1. The standard InChI is InChI=1S/C17H27N5O/c1-3-21-8-10-22(11-9-21)16-19-15(23)14(12-18)17(20-16)6-4-13(2)5-7-17/h13-14H,3-11H2,1-2H3,(H,19,20,23)/t13?,14-,17?/m1/s1. The number of nitrogens with zero attached hydrogens (tertiary/aromatic N) is 4. The predicted octanol–water partition coefficient (Wildman–Crippen LogP) is 1.20. The molecule has 1 aliphatic carbocycles. The fourth-order valence-corrected chi connectivity index (χ4v) is 4.00. The highest BCUT2D eigenvalue weighted by Crippen LogP contribution is 2.41. The van der Waals surface area contributed by atoms with Gasteiger partial charge >= 0.3 is 0 Å². The molecule has 2 aliphatic heterocycles. The van der Waals surface area contributed by atoms with Crippen LogP contribution in [-0.4, -0.2) is 59.9 Å². The average Bonchev–Trinajstić information content (AvgIpc) is 2.57. The highest BCUT2D eigenvalue weighted by molar-refractivity contribution is 6.02. The van der Waals surface area contributed by atoms with Crippen molar-refractivity contribution < 1.29 is 4.79 Å². The van der Waals surface area contributed by atoms with E-state index in [2.05, 4.69) is 35.0 Å². The number of aliphatic imine (C=N–C) groups is 1. The molecule has 6 heteroatoms. The third-order valence-corrected chi connectivity index (χ3v) is 5.75. The number of hydrogen-bond acceptors (Lipinski definition) is 5. The molecule has 1 spiro atoms. The molecule has 0 aromatic rings. The Morgan fingerprint density at radius 2 is 1.96 bits per heavy atom. The van der Waals surface area contributed by atoms with Crippen molar-refractivity contribution in [3.8, 4) is 6.07 Å². The van der Waals surface area contributed by atoms with E-state index in [0.29, 0.717) is 11.9 Å². The summed E-state index contributed by atoms with van der Waals surface area (Å²) >= 11 is 0. The summed E-state index contributed by atoms with van der Waals surface area (Å²) in [4.78, 5) is 22.0. The number of amides is 1. The maximum absolute atomic E-state index is 12.5. The summed E-state index contributed by atoms with van der Waals surface area (Å²) in [7, 11) is 0. The summed E-state index contributed by atoms with van der Waals surface area (Å²) in [5, 5.41) is 12.4. The maximum atomic E-state index is 12.5. The van der Waals surface area contributed by atoms with Crippen LogP contribution < -0.4 is 5.32 Å². The summed E-state index contributed by atoms with van der Waals surface area (Å²) in [6.07, 6.45) is 3.79. The molecule has 1 atom stereocenters. The first-order chi connectivity index (χ1) is 11.1. The van der Waals surface area contributed by atoms with Crippen LogP contribution in [-0.2, 0) is 4.79 Å². The molecule has 0 aromatic heterocycles. The van der Waals surface area contributed by atoms with Gasteiger partial charge in [0.15, 0.2) is 5.92 Å². The minimum atomic E-state index is -0.643. The van der Waals surface area contributed by atoms with Crippen LogP contribution in [0.25, 0.3) is 0 Å². The van der Waals surface area contributed by atoms with E-state index < -0.39 is 11.5 Å². The monoisotopic (exact) mass is 317 g/mol. The molecular formula is C17H27N5O. The predicted molar refractivity (Wildman–Crippen MR) is 88.7 cm³/mol. The minimum absolute atomic E-state index is 0.162. The van der Waals surface area contributed by atoms with Crippen LogP contribution in [0.5, 0.6) is 0 Å². The molecule has 6 nitrogen and oxygen atoms in total. The van der Waals surface area contributed by atoms with E-state index in [-0.39, 0.29) is 5.91 Å². The second-order valence-electron chi connectivity index (χ2n) is 7.19. The number of hydrogen-bond donors (Lipinski definition) is 1. The van der Waals surface area contributed by atoms with Gasteiger partial charge in [0, 0.05) is 26.2 Å². The minimum Gasteiger partial charge on any atom is -0.340 e. The van der Waals surface area contributed by atoms with Crippen molar-refractivity contribution in [2.75, 3.05) is 32.7 Å². The van der Waals surface area contributed by atoms with Crippen molar-refractivity contribution in [2.24, 2.45) is 16.8 Å². The van der Waals surface area contributed by atoms with Gasteiger partial charge in [-0.15, -0.1) is 0 Å². The van der Waals surface area contributed by atoms with Gasteiger partial charge in [-0.05, 0) is 38.1 Å². The average molecular weight is 317 g/mol. The number of piperazine rings is 1. The molecule has 0 radical (unpaired) electrons. The van der Waals surface area contributed by atoms with Crippen molar-refractivity contribution in [3.05, 3.63) is 0 Å². The number of carbonyl (C=O) groups is 1. The van der Waals surface area contributed by atoms with E-state index in [1.807, 2.05) is 0 Å². The number of nitrogens with one attached hydrogen (secondary N) is 1. The Bertz CT molecular complexity index is 522. The summed E-state index contributed by atoms with van der Waals surface area (Å²) in [5.74, 6) is 0.559. The molecule has 2 fully saturated rings. The van der Waals surface area contributed by atoms with Crippen molar-refractivity contribution >= 4 is 11.9 Å². The van der Waals surface area contributed by atoms with Gasteiger partial charge < -0.3 is 9.80 Å². The van der Waals surface area contributed by atoms with Crippen LogP contribution >= 0.6 is 0 Å². The highest BCUT2D eigenvalue weighted by atomic mass is 16.2. The fraction of sp³-hybridized carbons (Fsp3) is 0.824. The molecule has 2 heterocycles. The van der Waals surface area contributed by atoms with Gasteiger partial charge in [0.25, 0.3) is 0 Å². The maximum Gasteiger partial charge on any atom is 0.246 e. The van der Waals surface area contributed by atoms with E-state index in [1.54, 1.807) is 0 Å². The second-order valence-corrected chi connectivity index (χ2v) is 7.19. The lowest BCUT2D eigenvalue weighted by Crippen LogP contribution is -2.60. The van der Waals surface area contributed by atoms with Crippen LogP contribution in [0, 0.1) is 23.2 Å². The van der Waals surface area contributed by atoms with Crippen LogP contribution in [0.15, 0.2) is 4.99 Å². The van der Waals surface area contributed by atoms with Crippen LogP contribution in [0.4, 0.5) is 0 Å². The Kier molecular flexibility index (Phi) is 4.58.